The molecule has 1 aromatic carbocycles. The van der Waals surface area contributed by atoms with Gasteiger partial charge in [-0.15, -0.1) is 11.3 Å². The molecule has 5 nitrogen and oxygen atoms in total. The second-order valence-corrected chi connectivity index (χ2v) is 7.72. The standard InChI is InChI=1S/C20H14ClF3N4OS/c21-16-17(19(29)25-9-8-12-5-2-1-3-6-12)27-28-15(20(22,23)24)11-13(26-18(16)28)14-7-4-10-30-14/h1-7,10-11H,8-9H2,(H,25,29). The molecule has 1 amide bonds. The maximum absolute atomic E-state index is 13.6. The van der Waals surface area contributed by atoms with Gasteiger partial charge in [0.05, 0.1) is 10.6 Å². The van der Waals surface area contributed by atoms with Crippen molar-refractivity contribution in [2.45, 2.75) is 12.6 Å². The van der Waals surface area contributed by atoms with Crippen molar-refractivity contribution in [1.82, 2.24) is 19.9 Å². The van der Waals surface area contributed by atoms with Gasteiger partial charge in [-0.2, -0.15) is 18.3 Å². The summed E-state index contributed by atoms with van der Waals surface area (Å²) in [7, 11) is 0. The molecule has 0 atom stereocenters. The number of aromatic nitrogens is 3. The highest BCUT2D eigenvalue weighted by Crippen LogP contribution is 2.35. The van der Waals surface area contributed by atoms with Gasteiger partial charge in [0.15, 0.2) is 17.0 Å². The predicted molar refractivity (Wildman–Crippen MR) is 109 cm³/mol. The van der Waals surface area contributed by atoms with Crippen molar-refractivity contribution in [1.29, 1.82) is 0 Å². The Bertz CT molecular complexity index is 1190. The maximum Gasteiger partial charge on any atom is 0.433 e. The van der Waals surface area contributed by atoms with Crippen molar-refractivity contribution >= 4 is 34.5 Å². The lowest BCUT2D eigenvalue weighted by atomic mass is 10.1. The molecule has 0 aliphatic heterocycles. The zero-order chi connectivity index (χ0) is 21.3. The van der Waals surface area contributed by atoms with Crippen LogP contribution in [0, 0.1) is 0 Å². The minimum absolute atomic E-state index is 0.114. The number of fused-ring (bicyclic) bond motifs is 1. The Morgan fingerprint density at radius 1 is 1.17 bits per heavy atom. The highest BCUT2D eigenvalue weighted by atomic mass is 35.5. The minimum Gasteiger partial charge on any atom is -0.350 e. The Morgan fingerprint density at radius 3 is 2.60 bits per heavy atom. The fourth-order valence-corrected chi connectivity index (χ4v) is 3.87. The molecule has 0 saturated heterocycles. The van der Waals surface area contributed by atoms with Crippen LogP contribution in [0.1, 0.15) is 21.7 Å². The first-order valence-electron chi connectivity index (χ1n) is 8.87. The van der Waals surface area contributed by atoms with Crippen molar-refractivity contribution in [3.8, 4) is 10.6 Å². The number of hydrogen-bond donors (Lipinski definition) is 1. The van der Waals surface area contributed by atoms with Crippen LogP contribution in [0.5, 0.6) is 0 Å². The van der Waals surface area contributed by atoms with E-state index in [-0.39, 0.29) is 28.6 Å². The highest BCUT2D eigenvalue weighted by Gasteiger charge is 2.36. The van der Waals surface area contributed by atoms with Gasteiger partial charge in [-0.25, -0.2) is 9.50 Å². The Labute approximate surface area is 178 Å². The molecular weight excluding hydrogens is 437 g/mol. The lowest BCUT2D eigenvalue weighted by molar-refractivity contribution is -0.142. The molecule has 3 heterocycles. The lowest BCUT2D eigenvalue weighted by Crippen LogP contribution is -2.26. The van der Waals surface area contributed by atoms with Gasteiger partial charge in [-0.1, -0.05) is 48.0 Å². The largest absolute Gasteiger partial charge is 0.433 e. The van der Waals surface area contributed by atoms with Crippen molar-refractivity contribution in [3.63, 3.8) is 0 Å². The summed E-state index contributed by atoms with van der Waals surface area (Å²) in [5.74, 6) is -0.660. The third-order valence-electron chi connectivity index (χ3n) is 4.35. The van der Waals surface area contributed by atoms with E-state index in [0.717, 1.165) is 11.6 Å². The highest BCUT2D eigenvalue weighted by molar-refractivity contribution is 7.13. The molecule has 10 heteroatoms. The van der Waals surface area contributed by atoms with Crippen molar-refractivity contribution < 1.29 is 18.0 Å². The zero-order valence-electron chi connectivity index (χ0n) is 15.3. The number of thiophene rings is 1. The van der Waals surface area contributed by atoms with E-state index in [1.165, 1.54) is 11.3 Å². The van der Waals surface area contributed by atoms with Gasteiger partial charge < -0.3 is 5.32 Å². The van der Waals surface area contributed by atoms with Crippen LogP contribution >= 0.6 is 22.9 Å². The molecule has 3 aromatic heterocycles. The molecule has 30 heavy (non-hydrogen) atoms. The number of carbonyl (C=O) groups excluding carboxylic acids is 1. The monoisotopic (exact) mass is 450 g/mol. The quantitative estimate of drug-likeness (QED) is 0.460. The number of nitrogens with one attached hydrogen (secondary N) is 1. The van der Waals surface area contributed by atoms with Gasteiger partial charge in [0, 0.05) is 6.54 Å². The topological polar surface area (TPSA) is 59.3 Å². The first kappa shape index (κ1) is 20.4. The van der Waals surface area contributed by atoms with Crippen LogP contribution in [0.4, 0.5) is 13.2 Å². The van der Waals surface area contributed by atoms with Gasteiger partial charge in [0.25, 0.3) is 5.91 Å². The van der Waals surface area contributed by atoms with Gasteiger partial charge >= 0.3 is 6.18 Å². The summed E-state index contributed by atoms with van der Waals surface area (Å²) < 4.78 is 41.5. The number of rotatable bonds is 5. The summed E-state index contributed by atoms with van der Waals surface area (Å²) in [5, 5.41) is 7.97. The molecule has 0 fully saturated rings. The van der Waals surface area contributed by atoms with Crippen molar-refractivity contribution in [2.24, 2.45) is 0 Å². The molecular formula is C20H14ClF3N4OS. The van der Waals surface area contributed by atoms with Gasteiger partial charge in [-0.3, -0.25) is 4.79 Å². The second-order valence-electron chi connectivity index (χ2n) is 6.39. The molecule has 154 valence electrons. The van der Waals surface area contributed by atoms with Crippen LogP contribution in [0.15, 0.2) is 53.9 Å². The van der Waals surface area contributed by atoms with Gasteiger partial charge in [0.2, 0.25) is 0 Å². The van der Waals surface area contributed by atoms with E-state index in [4.69, 9.17) is 11.6 Å². The number of carbonyl (C=O) groups is 1. The molecule has 0 saturated carbocycles. The molecule has 0 unspecified atom stereocenters. The van der Waals surface area contributed by atoms with Crippen LogP contribution in [0.3, 0.4) is 0 Å². The SMILES string of the molecule is O=C(NCCc1ccccc1)c1nn2c(C(F)(F)F)cc(-c3cccs3)nc2c1Cl. The molecule has 0 bridgehead atoms. The molecule has 0 radical (unpaired) electrons. The molecule has 0 spiro atoms. The molecule has 4 rings (SSSR count). The molecule has 0 aliphatic carbocycles. The maximum atomic E-state index is 13.6. The van der Waals surface area contributed by atoms with E-state index in [2.05, 4.69) is 15.4 Å². The second kappa shape index (κ2) is 8.08. The number of alkyl halides is 3. The summed E-state index contributed by atoms with van der Waals surface area (Å²) in [6.45, 7) is 0.285. The minimum atomic E-state index is -4.70. The smallest absolute Gasteiger partial charge is 0.350 e. The number of benzene rings is 1. The summed E-state index contributed by atoms with van der Waals surface area (Å²) in [4.78, 5) is 17.3. The van der Waals surface area contributed by atoms with E-state index in [1.54, 1.807) is 17.5 Å². The summed E-state index contributed by atoms with van der Waals surface area (Å²) in [5.41, 5.74) is -0.446. The van der Waals surface area contributed by atoms with Crippen LogP contribution in [-0.4, -0.2) is 27.0 Å². The van der Waals surface area contributed by atoms with E-state index in [0.29, 0.717) is 15.8 Å². The van der Waals surface area contributed by atoms with E-state index in [9.17, 15) is 18.0 Å². The van der Waals surface area contributed by atoms with Crippen LogP contribution in [-0.2, 0) is 12.6 Å². The molecule has 1 N–H and O–H groups in total. The Kier molecular flexibility index (Phi) is 5.48. The molecule has 0 aliphatic rings. The number of nitrogens with zero attached hydrogens (tertiary/aromatic N) is 3. The zero-order valence-corrected chi connectivity index (χ0v) is 16.9. The van der Waals surface area contributed by atoms with E-state index >= 15 is 0 Å². The van der Waals surface area contributed by atoms with Crippen LogP contribution < -0.4 is 5.32 Å². The fraction of sp³-hybridized carbons (Fsp3) is 0.150. The van der Waals surface area contributed by atoms with Crippen molar-refractivity contribution in [3.05, 3.63) is 75.9 Å². The Balaban J connectivity index is 1.67. The van der Waals surface area contributed by atoms with Gasteiger partial charge in [-0.05, 0) is 29.5 Å². The normalized spacial score (nSPS) is 11.7. The third kappa shape index (κ3) is 4.03. The average Bonchev–Trinajstić information content (AvgIpc) is 3.36. The molecule has 4 aromatic rings. The summed E-state index contributed by atoms with van der Waals surface area (Å²) >= 11 is 7.48. The summed E-state index contributed by atoms with van der Waals surface area (Å²) in [6, 6.07) is 13.7. The average molecular weight is 451 g/mol. The van der Waals surface area contributed by atoms with E-state index in [1.807, 2.05) is 30.3 Å². The van der Waals surface area contributed by atoms with Crippen LogP contribution in [0.2, 0.25) is 5.02 Å². The Morgan fingerprint density at radius 2 is 1.93 bits per heavy atom. The first-order chi connectivity index (χ1) is 14.3. The third-order valence-corrected chi connectivity index (χ3v) is 5.59. The predicted octanol–water partition coefficient (Wildman–Crippen LogP) is 5.10. The first-order valence-corrected chi connectivity index (χ1v) is 10.1. The fourth-order valence-electron chi connectivity index (χ4n) is 2.94. The Hall–Kier alpha value is -2.91. The lowest BCUT2D eigenvalue weighted by Gasteiger charge is -2.10. The number of amides is 1. The summed E-state index contributed by atoms with van der Waals surface area (Å²) in [6.07, 6.45) is -4.14. The van der Waals surface area contributed by atoms with Gasteiger partial charge in [0.1, 0.15) is 5.02 Å². The van der Waals surface area contributed by atoms with Crippen molar-refractivity contribution in [2.75, 3.05) is 6.54 Å². The number of hydrogen-bond acceptors (Lipinski definition) is 4. The number of halogens is 4. The van der Waals surface area contributed by atoms with Crippen LogP contribution in [0.25, 0.3) is 16.2 Å². The van der Waals surface area contributed by atoms with E-state index < -0.39 is 17.8 Å².